The Morgan fingerprint density at radius 2 is 1.97 bits per heavy atom. The number of methoxy groups -OCH3 is 1. The van der Waals surface area contributed by atoms with Crippen LogP contribution in [-0.4, -0.2) is 51.8 Å². The summed E-state index contributed by atoms with van der Waals surface area (Å²) in [5.74, 6) is 0.662. The first-order valence-corrected chi connectivity index (χ1v) is 11.5. The number of rotatable bonds is 8. The molecule has 0 bridgehead atoms. The lowest BCUT2D eigenvalue weighted by atomic mass is 10.1. The van der Waals surface area contributed by atoms with E-state index in [1.807, 2.05) is 78.5 Å². The van der Waals surface area contributed by atoms with Gasteiger partial charge in [0.05, 0.1) is 30.4 Å². The Balaban J connectivity index is 1.76. The van der Waals surface area contributed by atoms with E-state index in [0.29, 0.717) is 29.0 Å². The number of thioether (sulfide) groups is 1. The number of carbonyl (C=O) groups excluding carboxylic acids is 1. The number of thiocarbonyl (C=S) groups is 1. The van der Waals surface area contributed by atoms with Crippen LogP contribution >= 0.6 is 24.0 Å². The maximum atomic E-state index is 12.9. The van der Waals surface area contributed by atoms with Gasteiger partial charge in [-0.25, -0.2) is 4.68 Å². The van der Waals surface area contributed by atoms with Crippen molar-refractivity contribution in [3.8, 4) is 22.7 Å². The zero-order valence-electron chi connectivity index (χ0n) is 17.9. The number of carbonyl (C=O) groups is 1. The Labute approximate surface area is 196 Å². The van der Waals surface area contributed by atoms with Crippen LogP contribution in [0.1, 0.15) is 12.5 Å². The zero-order valence-corrected chi connectivity index (χ0v) is 19.5. The van der Waals surface area contributed by atoms with Crippen LogP contribution in [-0.2, 0) is 9.53 Å². The van der Waals surface area contributed by atoms with E-state index in [0.717, 1.165) is 28.3 Å². The molecule has 0 radical (unpaired) electrons. The molecule has 4 rings (SSSR count). The minimum absolute atomic E-state index is 0.112. The van der Waals surface area contributed by atoms with Gasteiger partial charge >= 0.3 is 0 Å². The number of hydrogen-bond donors (Lipinski definition) is 0. The molecule has 1 aromatic heterocycles. The molecule has 0 unspecified atom stereocenters. The molecule has 32 heavy (non-hydrogen) atoms. The van der Waals surface area contributed by atoms with E-state index in [2.05, 4.69) is 0 Å². The molecule has 1 saturated heterocycles. The minimum Gasteiger partial charge on any atom is -0.494 e. The van der Waals surface area contributed by atoms with Gasteiger partial charge in [0, 0.05) is 24.4 Å². The summed E-state index contributed by atoms with van der Waals surface area (Å²) < 4.78 is 13.1. The van der Waals surface area contributed by atoms with Crippen LogP contribution in [0, 0.1) is 0 Å². The highest BCUT2D eigenvalue weighted by molar-refractivity contribution is 8.26. The first-order valence-electron chi connectivity index (χ1n) is 10.2. The summed E-state index contributed by atoms with van der Waals surface area (Å²) >= 11 is 6.71. The molecular formula is C24H23N3O3S2. The molecular weight excluding hydrogens is 442 g/mol. The number of ether oxygens (including phenoxy) is 2. The SMILES string of the molecule is CCOc1cccc(-c2nn(-c3ccccc3)cc2/C=C2\SC(=S)N(CCOC)C2=O)c1. The fraction of sp³-hybridized carbons (Fsp3) is 0.208. The number of para-hydroxylation sites is 1. The van der Waals surface area contributed by atoms with E-state index in [1.165, 1.54) is 11.8 Å². The third-order valence-corrected chi connectivity index (χ3v) is 6.24. The lowest BCUT2D eigenvalue weighted by molar-refractivity contribution is -0.122. The Bertz CT molecular complexity index is 1160. The van der Waals surface area contributed by atoms with E-state index in [9.17, 15) is 4.79 Å². The van der Waals surface area contributed by atoms with Crippen molar-refractivity contribution in [3.05, 3.63) is 71.3 Å². The summed E-state index contributed by atoms with van der Waals surface area (Å²) in [4.78, 5) is 15.1. The summed E-state index contributed by atoms with van der Waals surface area (Å²) in [7, 11) is 1.61. The number of nitrogens with zero attached hydrogens (tertiary/aromatic N) is 3. The van der Waals surface area contributed by atoms with Crippen LogP contribution in [0.3, 0.4) is 0 Å². The van der Waals surface area contributed by atoms with Crippen LogP contribution in [0.2, 0.25) is 0 Å². The summed E-state index contributed by atoms with van der Waals surface area (Å²) in [5.41, 5.74) is 3.43. The molecule has 2 aromatic carbocycles. The second-order valence-electron chi connectivity index (χ2n) is 7.00. The van der Waals surface area contributed by atoms with Crippen LogP contribution in [0.15, 0.2) is 65.7 Å². The molecule has 1 amide bonds. The summed E-state index contributed by atoms with van der Waals surface area (Å²) in [6, 6.07) is 17.7. The van der Waals surface area contributed by atoms with E-state index in [1.54, 1.807) is 12.0 Å². The average Bonchev–Trinajstić information content (AvgIpc) is 3.34. The third kappa shape index (κ3) is 4.77. The summed E-state index contributed by atoms with van der Waals surface area (Å²) in [6.45, 7) is 3.40. The van der Waals surface area contributed by atoms with Gasteiger partial charge in [-0.1, -0.05) is 54.3 Å². The lowest BCUT2D eigenvalue weighted by Gasteiger charge is -2.12. The van der Waals surface area contributed by atoms with Gasteiger partial charge in [0.25, 0.3) is 5.91 Å². The molecule has 0 saturated carbocycles. The molecule has 1 fully saturated rings. The van der Waals surface area contributed by atoms with Gasteiger partial charge in [-0.2, -0.15) is 5.10 Å². The topological polar surface area (TPSA) is 56.6 Å². The highest BCUT2D eigenvalue weighted by Crippen LogP contribution is 2.35. The first-order chi connectivity index (χ1) is 15.6. The smallest absolute Gasteiger partial charge is 0.266 e. The van der Waals surface area contributed by atoms with Crippen molar-refractivity contribution < 1.29 is 14.3 Å². The fourth-order valence-electron chi connectivity index (χ4n) is 3.35. The van der Waals surface area contributed by atoms with E-state index >= 15 is 0 Å². The maximum Gasteiger partial charge on any atom is 0.266 e. The third-order valence-electron chi connectivity index (χ3n) is 4.86. The van der Waals surface area contributed by atoms with Gasteiger partial charge in [0.15, 0.2) is 0 Å². The van der Waals surface area contributed by atoms with Gasteiger partial charge in [0.1, 0.15) is 15.8 Å². The van der Waals surface area contributed by atoms with Crippen LogP contribution in [0.5, 0.6) is 5.75 Å². The van der Waals surface area contributed by atoms with Crippen molar-refractivity contribution >= 4 is 40.3 Å². The largest absolute Gasteiger partial charge is 0.494 e. The minimum atomic E-state index is -0.112. The molecule has 0 aliphatic carbocycles. The second kappa shape index (κ2) is 10.1. The quantitative estimate of drug-likeness (QED) is 0.352. The Kier molecular flexibility index (Phi) is 7.04. The van der Waals surface area contributed by atoms with Crippen molar-refractivity contribution in [3.63, 3.8) is 0 Å². The standard InChI is InChI=1S/C24H23N3O3S2/c1-3-30-20-11-7-8-17(14-20)22-18(16-27(25-22)19-9-5-4-6-10-19)15-21-23(28)26(12-13-29-2)24(31)32-21/h4-11,14-16H,3,12-13H2,1-2H3/b21-15-. The number of amides is 1. The number of hydrogen-bond acceptors (Lipinski definition) is 6. The second-order valence-corrected chi connectivity index (χ2v) is 8.68. The van der Waals surface area contributed by atoms with E-state index in [4.69, 9.17) is 26.8 Å². The van der Waals surface area contributed by atoms with Crippen molar-refractivity contribution in [2.24, 2.45) is 0 Å². The molecule has 2 heterocycles. The Morgan fingerprint density at radius 3 is 2.72 bits per heavy atom. The normalized spacial score (nSPS) is 15.1. The molecule has 8 heteroatoms. The molecule has 0 N–H and O–H groups in total. The Hall–Kier alpha value is -2.94. The van der Waals surface area contributed by atoms with Crippen LogP contribution < -0.4 is 4.74 Å². The van der Waals surface area contributed by atoms with Crippen molar-refractivity contribution in [1.82, 2.24) is 14.7 Å². The molecule has 3 aromatic rings. The van der Waals surface area contributed by atoms with Gasteiger partial charge in [-0.3, -0.25) is 9.69 Å². The van der Waals surface area contributed by atoms with Crippen molar-refractivity contribution in [2.45, 2.75) is 6.92 Å². The first kappa shape index (κ1) is 22.3. The van der Waals surface area contributed by atoms with E-state index < -0.39 is 0 Å². The van der Waals surface area contributed by atoms with Gasteiger partial charge in [0.2, 0.25) is 0 Å². The predicted molar refractivity (Wildman–Crippen MR) is 132 cm³/mol. The fourth-order valence-corrected chi connectivity index (χ4v) is 4.65. The molecule has 0 atom stereocenters. The van der Waals surface area contributed by atoms with Gasteiger partial charge in [-0.05, 0) is 37.3 Å². The predicted octanol–water partition coefficient (Wildman–Crippen LogP) is 4.79. The van der Waals surface area contributed by atoms with Crippen LogP contribution in [0.25, 0.3) is 23.0 Å². The molecule has 164 valence electrons. The number of benzene rings is 2. The molecule has 6 nitrogen and oxygen atoms in total. The highest BCUT2D eigenvalue weighted by atomic mass is 32.2. The average molecular weight is 466 g/mol. The summed E-state index contributed by atoms with van der Waals surface area (Å²) in [6.07, 6.45) is 3.79. The zero-order chi connectivity index (χ0) is 22.5. The lowest BCUT2D eigenvalue weighted by Crippen LogP contribution is -2.31. The van der Waals surface area contributed by atoms with Crippen molar-refractivity contribution in [1.29, 1.82) is 0 Å². The maximum absolute atomic E-state index is 12.9. The van der Waals surface area contributed by atoms with Gasteiger partial charge in [-0.15, -0.1) is 0 Å². The number of aromatic nitrogens is 2. The van der Waals surface area contributed by atoms with Crippen molar-refractivity contribution in [2.75, 3.05) is 26.9 Å². The Morgan fingerprint density at radius 1 is 1.16 bits per heavy atom. The molecule has 0 spiro atoms. The highest BCUT2D eigenvalue weighted by Gasteiger charge is 2.32. The van der Waals surface area contributed by atoms with Crippen LogP contribution in [0.4, 0.5) is 0 Å². The molecule has 1 aliphatic heterocycles. The molecule has 1 aliphatic rings. The van der Waals surface area contributed by atoms with Gasteiger partial charge < -0.3 is 9.47 Å². The van der Waals surface area contributed by atoms with E-state index in [-0.39, 0.29) is 5.91 Å². The monoisotopic (exact) mass is 465 g/mol. The summed E-state index contributed by atoms with van der Waals surface area (Å²) in [5, 5.41) is 4.84.